The highest BCUT2D eigenvalue weighted by Crippen LogP contribution is 2.33. The second-order valence-electron chi connectivity index (χ2n) is 4.39. The van der Waals surface area contributed by atoms with E-state index in [0.29, 0.717) is 11.0 Å². The molecule has 0 aliphatic heterocycles. The zero-order chi connectivity index (χ0) is 13.8. The van der Waals surface area contributed by atoms with Crippen LogP contribution in [0.5, 0.6) is 0 Å². The molecule has 1 aliphatic carbocycles. The van der Waals surface area contributed by atoms with Crippen molar-refractivity contribution in [3.05, 3.63) is 10.1 Å². The Bertz CT molecular complexity index is 476. The maximum Gasteiger partial charge on any atom is 0.353 e. The van der Waals surface area contributed by atoms with E-state index in [9.17, 15) is 10.1 Å². The first-order chi connectivity index (χ1) is 9.15. The SMILES string of the molecule is CNc1nc(SC)nc(NC2CCCC2)c1[N+](=O)[O-]. The van der Waals surface area contributed by atoms with Gasteiger partial charge in [0.05, 0.1) is 4.92 Å². The standard InChI is InChI=1S/C11H17N5O2S/c1-12-9-8(16(17)18)10(15-11(14-9)19-2)13-7-5-3-4-6-7/h7H,3-6H2,1-2H3,(H2,12,13,14,15). The Morgan fingerprint density at radius 3 is 2.47 bits per heavy atom. The zero-order valence-electron chi connectivity index (χ0n) is 11.0. The molecule has 7 nitrogen and oxygen atoms in total. The summed E-state index contributed by atoms with van der Waals surface area (Å²) in [7, 11) is 1.62. The van der Waals surface area contributed by atoms with Gasteiger partial charge in [-0.2, -0.15) is 9.97 Å². The number of nitrogens with zero attached hydrogens (tertiary/aromatic N) is 3. The smallest absolute Gasteiger partial charge is 0.353 e. The highest BCUT2D eigenvalue weighted by atomic mass is 32.2. The van der Waals surface area contributed by atoms with Crippen molar-refractivity contribution in [3.8, 4) is 0 Å². The van der Waals surface area contributed by atoms with Crippen molar-refractivity contribution < 1.29 is 4.92 Å². The van der Waals surface area contributed by atoms with E-state index in [1.54, 1.807) is 7.05 Å². The number of nitro groups is 1. The summed E-state index contributed by atoms with van der Waals surface area (Å²) in [5.41, 5.74) is -0.0767. The molecule has 1 aromatic heterocycles. The monoisotopic (exact) mass is 283 g/mol. The van der Waals surface area contributed by atoms with Crippen LogP contribution in [0.3, 0.4) is 0 Å². The van der Waals surface area contributed by atoms with Gasteiger partial charge in [0.2, 0.25) is 11.6 Å². The molecule has 104 valence electrons. The third-order valence-electron chi connectivity index (χ3n) is 3.16. The average molecular weight is 283 g/mol. The van der Waals surface area contributed by atoms with Crippen LogP contribution in [0.2, 0.25) is 0 Å². The van der Waals surface area contributed by atoms with Gasteiger partial charge in [-0.15, -0.1) is 0 Å². The molecule has 0 spiro atoms. The van der Waals surface area contributed by atoms with E-state index >= 15 is 0 Å². The first-order valence-corrected chi connectivity index (χ1v) is 7.43. The van der Waals surface area contributed by atoms with E-state index in [0.717, 1.165) is 25.7 Å². The fraction of sp³-hybridized carbons (Fsp3) is 0.636. The summed E-state index contributed by atoms with van der Waals surface area (Å²) < 4.78 is 0. The maximum atomic E-state index is 11.2. The molecule has 0 bridgehead atoms. The predicted molar refractivity (Wildman–Crippen MR) is 75.9 cm³/mol. The van der Waals surface area contributed by atoms with Gasteiger partial charge in [-0.25, -0.2) is 0 Å². The number of hydrogen-bond donors (Lipinski definition) is 2. The van der Waals surface area contributed by atoms with Gasteiger partial charge in [0.15, 0.2) is 5.16 Å². The van der Waals surface area contributed by atoms with Crippen LogP contribution in [0.4, 0.5) is 17.3 Å². The largest absolute Gasteiger partial charge is 0.367 e. The van der Waals surface area contributed by atoms with Gasteiger partial charge < -0.3 is 10.6 Å². The molecule has 1 heterocycles. The Hall–Kier alpha value is -1.57. The molecule has 0 radical (unpaired) electrons. The lowest BCUT2D eigenvalue weighted by molar-refractivity contribution is -0.383. The highest BCUT2D eigenvalue weighted by Gasteiger charge is 2.26. The lowest BCUT2D eigenvalue weighted by Crippen LogP contribution is -2.18. The van der Waals surface area contributed by atoms with Crippen LogP contribution in [-0.4, -0.2) is 34.2 Å². The lowest BCUT2D eigenvalue weighted by atomic mass is 10.2. The van der Waals surface area contributed by atoms with E-state index in [-0.39, 0.29) is 17.5 Å². The molecular weight excluding hydrogens is 266 g/mol. The predicted octanol–water partition coefficient (Wildman–Crippen LogP) is 2.50. The second kappa shape index (κ2) is 6.05. The van der Waals surface area contributed by atoms with Crippen molar-refractivity contribution in [2.24, 2.45) is 0 Å². The summed E-state index contributed by atoms with van der Waals surface area (Å²) in [5, 5.41) is 17.7. The molecule has 1 aliphatic rings. The fourth-order valence-corrected chi connectivity index (χ4v) is 2.60. The van der Waals surface area contributed by atoms with E-state index in [1.807, 2.05) is 6.26 Å². The molecule has 19 heavy (non-hydrogen) atoms. The molecule has 2 N–H and O–H groups in total. The third kappa shape index (κ3) is 3.06. The molecule has 0 unspecified atom stereocenters. The Kier molecular flexibility index (Phi) is 4.41. The van der Waals surface area contributed by atoms with Crippen molar-refractivity contribution >= 4 is 29.1 Å². The van der Waals surface area contributed by atoms with Gasteiger partial charge >= 0.3 is 5.69 Å². The summed E-state index contributed by atoms with van der Waals surface area (Å²) in [6.07, 6.45) is 6.23. The summed E-state index contributed by atoms with van der Waals surface area (Å²) >= 11 is 1.37. The quantitative estimate of drug-likeness (QED) is 0.371. The second-order valence-corrected chi connectivity index (χ2v) is 5.16. The third-order valence-corrected chi connectivity index (χ3v) is 3.71. The molecule has 1 saturated carbocycles. The van der Waals surface area contributed by atoms with E-state index < -0.39 is 4.92 Å². The Morgan fingerprint density at radius 2 is 1.95 bits per heavy atom. The Morgan fingerprint density at radius 1 is 1.32 bits per heavy atom. The Labute approximate surface area is 115 Å². The van der Waals surface area contributed by atoms with Gasteiger partial charge in [0.25, 0.3) is 0 Å². The van der Waals surface area contributed by atoms with Crippen molar-refractivity contribution in [1.82, 2.24) is 9.97 Å². The molecular formula is C11H17N5O2S. The van der Waals surface area contributed by atoms with Gasteiger partial charge in [-0.1, -0.05) is 24.6 Å². The van der Waals surface area contributed by atoms with E-state index in [4.69, 9.17) is 0 Å². The van der Waals surface area contributed by atoms with Gasteiger partial charge in [0.1, 0.15) is 0 Å². The zero-order valence-corrected chi connectivity index (χ0v) is 11.8. The van der Waals surface area contributed by atoms with Crippen LogP contribution in [-0.2, 0) is 0 Å². The van der Waals surface area contributed by atoms with Gasteiger partial charge in [-0.05, 0) is 19.1 Å². The summed E-state index contributed by atoms with van der Waals surface area (Å²) in [6.45, 7) is 0. The highest BCUT2D eigenvalue weighted by molar-refractivity contribution is 7.98. The summed E-state index contributed by atoms with van der Waals surface area (Å²) in [5.74, 6) is 0.574. The van der Waals surface area contributed by atoms with Crippen molar-refractivity contribution in [1.29, 1.82) is 0 Å². The van der Waals surface area contributed by atoms with Crippen LogP contribution in [0.1, 0.15) is 25.7 Å². The number of hydrogen-bond acceptors (Lipinski definition) is 7. The molecule has 0 saturated heterocycles. The number of thioether (sulfide) groups is 1. The van der Waals surface area contributed by atoms with Crippen LogP contribution in [0, 0.1) is 10.1 Å². The summed E-state index contributed by atoms with van der Waals surface area (Å²) in [4.78, 5) is 19.1. The molecule has 0 atom stereocenters. The average Bonchev–Trinajstić information content (AvgIpc) is 2.90. The molecule has 2 rings (SSSR count). The van der Waals surface area contributed by atoms with Crippen molar-refractivity contribution in [2.75, 3.05) is 23.9 Å². The number of aromatic nitrogens is 2. The van der Waals surface area contributed by atoms with Crippen LogP contribution >= 0.6 is 11.8 Å². The fourth-order valence-electron chi connectivity index (χ4n) is 2.24. The van der Waals surface area contributed by atoms with Crippen LogP contribution < -0.4 is 10.6 Å². The molecule has 0 aromatic carbocycles. The van der Waals surface area contributed by atoms with Gasteiger partial charge in [-0.3, -0.25) is 10.1 Å². The van der Waals surface area contributed by atoms with Crippen LogP contribution in [0.15, 0.2) is 5.16 Å². The minimum absolute atomic E-state index is 0.0767. The number of anilines is 2. The van der Waals surface area contributed by atoms with Gasteiger partial charge in [0, 0.05) is 13.1 Å². The number of rotatable bonds is 5. The first kappa shape index (κ1) is 13.9. The molecule has 0 amide bonds. The van der Waals surface area contributed by atoms with Crippen molar-refractivity contribution in [2.45, 2.75) is 36.9 Å². The minimum atomic E-state index is -0.437. The van der Waals surface area contributed by atoms with E-state index in [1.165, 1.54) is 11.8 Å². The van der Waals surface area contributed by atoms with E-state index in [2.05, 4.69) is 20.6 Å². The number of nitrogens with one attached hydrogen (secondary N) is 2. The Balaban J connectivity index is 2.39. The maximum absolute atomic E-state index is 11.2. The molecule has 1 aromatic rings. The minimum Gasteiger partial charge on any atom is -0.367 e. The molecule has 8 heteroatoms. The first-order valence-electron chi connectivity index (χ1n) is 6.20. The van der Waals surface area contributed by atoms with Crippen LogP contribution in [0.25, 0.3) is 0 Å². The normalized spacial score (nSPS) is 15.5. The topological polar surface area (TPSA) is 93.0 Å². The molecule has 1 fully saturated rings. The summed E-state index contributed by atoms with van der Waals surface area (Å²) in [6, 6.07) is 0.271. The van der Waals surface area contributed by atoms with Crippen molar-refractivity contribution in [3.63, 3.8) is 0 Å². The lowest BCUT2D eigenvalue weighted by Gasteiger charge is -2.14.